The van der Waals surface area contributed by atoms with Crippen LogP contribution in [-0.2, 0) is 6.54 Å². The highest BCUT2D eigenvalue weighted by Crippen LogP contribution is 2.18. The Kier molecular flexibility index (Phi) is 4.71. The predicted octanol–water partition coefficient (Wildman–Crippen LogP) is 2.17. The molecule has 0 fully saturated rings. The van der Waals surface area contributed by atoms with Crippen molar-refractivity contribution in [1.82, 2.24) is 10.3 Å². The molecule has 21 heavy (non-hydrogen) atoms. The molecular formula is C15H15FN2O3. The Morgan fingerprint density at radius 2 is 2.10 bits per heavy atom. The second kappa shape index (κ2) is 6.69. The Hall–Kier alpha value is -2.63. The fraction of sp³-hybridized carbons (Fsp3) is 0.200. The smallest absolute Gasteiger partial charge is 0.251 e. The number of methoxy groups -OCH3 is 2. The summed E-state index contributed by atoms with van der Waals surface area (Å²) in [5.74, 6) is -0.425. The first kappa shape index (κ1) is 14.8. The van der Waals surface area contributed by atoms with Crippen molar-refractivity contribution in [2.24, 2.45) is 0 Å². The number of carbonyl (C=O) groups excluding carboxylic acids is 1. The van der Waals surface area contributed by atoms with Gasteiger partial charge in [0.25, 0.3) is 5.91 Å². The molecule has 1 amide bonds. The van der Waals surface area contributed by atoms with Gasteiger partial charge in [0.15, 0.2) is 11.6 Å². The van der Waals surface area contributed by atoms with Crippen LogP contribution in [0.3, 0.4) is 0 Å². The summed E-state index contributed by atoms with van der Waals surface area (Å²) in [6, 6.07) is 7.58. The highest BCUT2D eigenvalue weighted by Gasteiger charge is 2.11. The Bertz CT molecular complexity index is 647. The summed E-state index contributed by atoms with van der Waals surface area (Å²) in [6.07, 6.45) is 1.60. The summed E-state index contributed by atoms with van der Waals surface area (Å²) in [7, 11) is 2.87. The molecule has 0 radical (unpaired) electrons. The first-order valence-corrected chi connectivity index (χ1v) is 6.25. The molecule has 1 N–H and O–H groups in total. The zero-order valence-corrected chi connectivity index (χ0v) is 11.7. The molecule has 2 rings (SSSR count). The van der Waals surface area contributed by atoms with Crippen LogP contribution in [0.1, 0.15) is 15.9 Å². The molecule has 1 aromatic heterocycles. The van der Waals surface area contributed by atoms with E-state index in [0.717, 1.165) is 11.6 Å². The number of nitrogens with zero attached hydrogens (tertiary/aromatic N) is 1. The number of halogens is 1. The molecular weight excluding hydrogens is 275 g/mol. The molecule has 0 unspecified atom stereocenters. The summed E-state index contributed by atoms with van der Waals surface area (Å²) in [5.41, 5.74) is 0.957. The predicted molar refractivity (Wildman–Crippen MR) is 74.9 cm³/mol. The largest absolute Gasteiger partial charge is 0.494 e. The van der Waals surface area contributed by atoms with Crippen molar-refractivity contribution in [3.63, 3.8) is 0 Å². The van der Waals surface area contributed by atoms with E-state index in [1.54, 1.807) is 18.3 Å². The second-order valence-corrected chi connectivity index (χ2v) is 4.20. The van der Waals surface area contributed by atoms with E-state index in [0.29, 0.717) is 5.88 Å². The average Bonchev–Trinajstić information content (AvgIpc) is 2.52. The number of pyridine rings is 1. The van der Waals surface area contributed by atoms with Gasteiger partial charge in [0.05, 0.1) is 14.2 Å². The molecule has 0 spiro atoms. The van der Waals surface area contributed by atoms with Crippen molar-refractivity contribution < 1.29 is 18.7 Å². The highest BCUT2D eigenvalue weighted by atomic mass is 19.1. The molecule has 110 valence electrons. The second-order valence-electron chi connectivity index (χ2n) is 4.20. The number of hydrogen-bond donors (Lipinski definition) is 1. The molecule has 0 saturated heterocycles. The van der Waals surface area contributed by atoms with E-state index in [-0.39, 0.29) is 23.8 Å². The molecule has 1 heterocycles. The lowest BCUT2D eigenvalue weighted by atomic mass is 10.2. The van der Waals surface area contributed by atoms with Crippen LogP contribution in [0.15, 0.2) is 36.5 Å². The SMILES string of the molecule is COc1ccc(C(=O)NCc2cccnc2OC)cc1F. The van der Waals surface area contributed by atoms with Crippen molar-refractivity contribution in [3.05, 3.63) is 53.5 Å². The van der Waals surface area contributed by atoms with Crippen molar-refractivity contribution in [2.75, 3.05) is 14.2 Å². The normalized spacial score (nSPS) is 10.0. The molecule has 6 heteroatoms. The molecule has 1 aromatic carbocycles. The lowest BCUT2D eigenvalue weighted by Gasteiger charge is -2.09. The number of hydrogen-bond acceptors (Lipinski definition) is 4. The Balaban J connectivity index is 2.06. The minimum Gasteiger partial charge on any atom is -0.494 e. The van der Waals surface area contributed by atoms with Crippen LogP contribution < -0.4 is 14.8 Å². The first-order valence-electron chi connectivity index (χ1n) is 6.25. The number of rotatable bonds is 5. The monoisotopic (exact) mass is 290 g/mol. The number of amides is 1. The highest BCUT2D eigenvalue weighted by molar-refractivity contribution is 5.94. The van der Waals surface area contributed by atoms with E-state index in [1.807, 2.05) is 0 Å². The quantitative estimate of drug-likeness (QED) is 0.916. The van der Waals surface area contributed by atoms with Gasteiger partial charge in [-0.05, 0) is 24.3 Å². The van der Waals surface area contributed by atoms with Crippen LogP contribution in [0, 0.1) is 5.82 Å². The van der Waals surface area contributed by atoms with Crippen molar-refractivity contribution in [1.29, 1.82) is 0 Å². The van der Waals surface area contributed by atoms with Crippen LogP contribution in [-0.4, -0.2) is 25.1 Å². The van der Waals surface area contributed by atoms with E-state index < -0.39 is 5.82 Å². The number of ether oxygens (including phenoxy) is 2. The zero-order chi connectivity index (χ0) is 15.2. The van der Waals surface area contributed by atoms with E-state index in [9.17, 15) is 9.18 Å². The third kappa shape index (κ3) is 3.47. The zero-order valence-electron chi connectivity index (χ0n) is 11.7. The van der Waals surface area contributed by atoms with Crippen LogP contribution in [0.4, 0.5) is 4.39 Å². The van der Waals surface area contributed by atoms with Gasteiger partial charge in [-0.25, -0.2) is 9.37 Å². The molecule has 0 atom stereocenters. The minimum atomic E-state index is -0.580. The van der Waals surface area contributed by atoms with Gasteiger partial charge in [-0.3, -0.25) is 4.79 Å². The average molecular weight is 290 g/mol. The van der Waals surface area contributed by atoms with Crippen LogP contribution in [0.25, 0.3) is 0 Å². The van der Waals surface area contributed by atoms with Gasteiger partial charge in [-0.2, -0.15) is 0 Å². The standard InChI is InChI=1S/C15H15FN2O3/c1-20-13-6-5-10(8-12(13)16)14(19)18-9-11-4-3-7-17-15(11)21-2/h3-8H,9H2,1-2H3,(H,18,19). The molecule has 0 aliphatic heterocycles. The van der Waals surface area contributed by atoms with Gasteiger partial charge in [0.2, 0.25) is 5.88 Å². The lowest BCUT2D eigenvalue weighted by Crippen LogP contribution is -2.23. The van der Waals surface area contributed by atoms with Crippen LogP contribution in [0.2, 0.25) is 0 Å². The van der Waals surface area contributed by atoms with Gasteiger partial charge < -0.3 is 14.8 Å². The maximum absolute atomic E-state index is 13.6. The van der Waals surface area contributed by atoms with E-state index >= 15 is 0 Å². The van der Waals surface area contributed by atoms with Gasteiger partial charge in [-0.15, -0.1) is 0 Å². The minimum absolute atomic E-state index is 0.0977. The maximum atomic E-state index is 13.6. The summed E-state index contributed by atoms with van der Waals surface area (Å²) >= 11 is 0. The summed E-state index contributed by atoms with van der Waals surface area (Å²) in [5, 5.41) is 2.69. The molecule has 0 saturated carbocycles. The molecule has 0 bridgehead atoms. The van der Waals surface area contributed by atoms with Crippen molar-refractivity contribution in [3.8, 4) is 11.6 Å². The van der Waals surface area contributed by atoms with E-state index in [1.165, 1.54) is 26.4 Å². The summed E-state index contributed by atoms with van der Waals surface area (Å²) in [6.45, 7) is 0.240. The van der Waals surface area contributed by atoms with Gasteiger partial charge in [0, 0.05) is 23.9 Å². The van der Waals surface area contributed by atoms with Gasteiger partial charge in [0.1, 0.15) is 0 Å². The number of benzene rings is 1. The Morgan fingerprint density at radius 3 is 2.76 bits per heavy atom. The van der Waals surface area contributed by atoms with E-state index in [4.69, 9.17) is 9.47 Å². The Morgan fingerprint density at radius 1 is 1.29 bits per heavy atom. The van der Waals surface area contributed by atoms with Gasteiger partial charge in [-0.1, -0.05) is 6.07 Å². The molecule has 5 nitrogen and oxygen atoms in total. The topological polar surface area (TPSA) is 60.5 Å². The third-order valence-corrected chi connectivity index (χ3v) is 2.90. The third-order valence-electron chi connectivity index (χ3n) is 2.90. The lowest BCUT2D eigenvalue weighted by molar-refractivity contribution is 0.0950. The molecule has 2 aromatic rings. The maximum Gasteiger partial charge on any atom is 0.251 e. The van der Waals surface area contributed by atoms with E-state index in [2.05, 4.69) is 10.3 Å². The van der Waals surface area contributed by atoms with Gasteiger partial charge >= 0.3 is 0 Å². The Labute approximate surface area is 121 Å². The summed E-state index contributed by atoms with van der Waals surface area (Å²) in [4.78, 5) is 16.0. The number of aromatic nitrogens is 1. The number of carbonyl (C=O) groups is 1. The van der Waals surface area contributed by atoms with Crippen LogP contribution in [0.5, 0.6) is 11.6 Å². The van der Waals surface area contributed by atoms with Crippen molar-refractivity contribution in [2.45, 2.75) is 6.54 Å². The van der Waals surface area contributed by atoms with Crippen LogP contribution >= 0.6 is 0 Å². The molecule has 0 aliphatic carbocycles. The number of nitrogens with one attached hydrogen (secondary N) is 1. The fourth-order valence-corrected chi connectivity index (χ4v) is 1.83. The van der Waals surface area contributed by atoms with Crippen molar-refractivity contribution >= 4 is 5.91 Å². The fourth-order valence-electron chi connectivity index (χ4n) is 1.83. The summed E-state index contributed by atoms with van der Waals surface area (Å²) < 4.78 is 23.5. The first-order chi connectivity index (χ1) is 10.2. The molecule has 0 aliphatic rings.